The summed E-state index contributed by atoms with van der Waals surface area (Å²) in [6, 6.07) is 16.7. The van der Waals surface area contributed by atoms with E-state index in [1.54, 1.807) is 20.0 Å². The van der Waals surface area contributed by atoms with E-state index in [9.17, 15) is 9.59 Å². The zero-order valence-corrected chi connectivity index (χ0v) is 15.4. The van der Waals surface area contributed by atoms with Crippen molar-refractivity contribution in [2.75, 3.05) is 0 Å². The highest BCUT2D eigenvalue weighted by molar-refractivity contribution is 6.10. The lowest BCUT2D eigenvalue weighted by Crippen LogP contribution is -2.25. The Bertz CT molecular complexity index is 1160. The van der Waals surface area contributed by atoms with Gasteiger partial charge >= 0.3 is 5.97 Å². The monoisotopic (exact) mass is 374 g/mol. The number of nitrogens with zero attached hydrogens (tertiary/aromatic N) is 3. The average Bonchev–Trinajstić information content (AvgIpc) is 3.32. The smallest absolute Gasteiger partial charge is 0.361 e. The maximum absolute atomic E-state index is 12.8. The summed E-state index contributed by atoms with van der Waals surface area (Å²) in [6.07, 6.45) is 0.682. The van der Waals surface area contributed by atoms with E-state index in [-0.39, 0.29) is 11.5 Å². The minimum atomic E-state index is -0.951. The van der Waals surface area contributed by atoms with Crippen LogP contribution in [0.1, 0.15) is 33.5 Å². The lowest BCUT2D eigenvalue weighted by molar-refractivity contribution is 0.0312. The van der Waals surface area contributed by atoms with Crippen LogP contribution < -0.4 is 0 Å². The van der Waals surface area contributed by atoms with Gasteiger partial charge in [0, 0.05) is 22.7 Å². The van der Waals surface area contributed by atoms with Crippen LogP contribution in [0.25, 0.3) is 16.6 Å². The molecule has 0 aliphatic heterocycles. The molecule has 140 valence electrons. The summed E-state index contributed by atoms with van der Waals surface area (Å²) in [5.41, 5.74) is 2.59. The van der Waals surface area contributed by atoms with Crippen LogP contribution in [0, 0.1) is 6.92 Å². The van der Waals surface area contributed by atoms with E-state index in [0.717, 1.165) is 16.6 Å². The average molecular weight is 374 g/mol. The highest BCUT2D eigenvalue weighted by Gasteiger charge is 2.25. The third kappa shape index (κ3) is 3.18. The van der Waals surface area contributed by atoms with E-state index in [2.05, 4.69) is 15.2 Å². The van der Waals surface area contributed by atoms with Gasteiger partial charge in [-0.3, -0.25) is 4.79 Å². The van der Waals surface area contributed by atoms with Crippen LogP contribution in [0.4, 0.5) is 0 Å². The Kier molecular flexibility index (Phi) is 4.49. The molecule has 4 aromatic rings. The lowest BCUT2D eigenvalue weighted by atomic mass is 10.1. The van der Waals surface area contributed by atoms with Crippen molar-refractivity contribution in [2.45, 2.75) is 20.0 Å². The number of ether oxygens (including phenoxy) is 1. The van der Waals surface area contributed by atoms with E-state index in [0.29, 0.717) is 11.3 Å². The Morgan fingerprint density at radius 3 is 2.54 bits per heavy atom. The highest BCUT2D eigenvalue weighted by atomic mass is 16.5. The molecule has 0 saturated heterocycles. The molecule has 2 aromatic carbocycles. The molecule has 0 fully saturated rings. The van der Waals surface area contributed by atoms with Crippen LogP contribution >= 0.6 is 0 Å². The molecule has 0 bridgehead atoms. The zero-order valence-electron chi connectivity index (χ0n) is 15.4. The first-order valence-corrected chi connectivity index (χ1v) is 8.85. The van der Waals surface area contributed by atoms with Crippen LogP contribution in [0.2, 0.25) is 0 Å². The quantitative estimate of drug-likeness (QED) is 0.427. The number of nitrogens with one attached hydrogen (secondary N) is 1. The number of para-hydroxylation sites is 2. The van der Waals surface area contributed by atoms with Crippen molar-refractivity contribution < 1.29 is 14.3 Å². The Hall–Kier alpha value is -3.74. The Morgan fingerprint density at radius 1 is 1.04 bits per heavy atom. The number of hydrogen-bond donors (Lipinski definition) is 1. The van der Waals surface area contributed by atoms with Gasteiger partial charge in [-0.25, -0.2) is 4.79 Å². The molecule has 0 radical (unpaired) electrons. The highest BCUT2D eigenvalue weighted by Crippen LogP contribution is 2.20. The summed E-state index contributed by atoms with van der Waals surface area (Å²) in [5.74, 6) is -0.959. The summed E-state index contributed by atoms with van der Waals surface area (Å²) in [6.45, 7) is 3.23. The van der Waals surface area contributed by atoms with Gasteiger partial charge in [0.25, 0.3) is 0 Å². The van der Waals surface area contributed by atoms with Gasteiger partial charge in [0.15, 0.2) is 11.8 Å². The molecule has 1 N–H and O–H groups in total. The number of hydrogen-bond acceptors (Lipinski definition) is 5. The second-order valence-corrected chi connectivity index (χ2v) is 6.42. The van der Waals surface area contributed by atoms with Gasteiger partial charge in [-0.15, -0.1) is 5.10 Å². The second-order valence-electron chi connectivity index (χ2n) is 6.42. The van der Waals surface area contributed by atoms with Crippen molar-refractivity contribution >= 4 is 22.7 Å². The number of aromatic nitrogens is 4. The lowest BCUT2D eigenvalue weighted by Gasteiger charge is -2.11. The molecule has 0 aliphatic rings. The Labute approximate surface area is 160 Å². The van der Waals surface area contributed by atoms with Gasteiger partial charge in [-0.2, -0.15) is 9.90 Å². The number of benzene rings is 2. The fourth-order valence-corrected chi connectivity index (χ4v) is 3.01. The second kappa shape index (κ2) is 7.11. The zero-order chi connectivity index (χ0) is 19.7. The molecular formula is C21H18N4O3. The maximum Gasteiger partial charge on any atom is 0.361 e. The van der Waals surface area contributed by atoms with Gasteiger partial charge < -0.3 is 9.72 Å². The van der Waals surface area contributed by atoms with Gasteiger partial charge in [0.1, 0.15) is 0 Å². The Balaban J connectivity index is 1.53. The number of aromatic amines is 1. The first kappa shape index (κ1) is 17.7. The number of esters is 1. The van der Waals surface area contributed by atoms with Gasteiger partial charge in [-0.05, 0) is 32.0 Å². The molecule has 28 heavy (non-hydrogen) atoms. The SMILES string of the molecule is Cc1nn(-c2ccccc2)nc1C(=O)O[C@@H](C)C(=O)c1c[nH]c2ccccc12. The number of ketones is 1. The summed E-state index contributed by atoms with van der Waals surface area (Å²) >= 11 is 0. The maximum atomic E-state index is 12.8. The number of Topliss-reactive ketones (excluding diaryl/α,β-unsaturated/α-hetero) is 1. The van der Waals surface area contributed by atoms with Gasteiger partial charge in [-0.1, -0.05) is 36.4 Å². The van der Waals surface area contributed by atoms with Gasteiger partial charge in [0.2, 0.25) is 5.78 Å². The molecule has 0 saturated carbocycles. The summed E-state index contributed by atoms with van der Waals surface area (Å²) < 4.78 is 5.38. The number of rotatable bonds is 5. The first-order valence-electron chi connectivity index (χ1n) is 8.85. The predicted octanol–water partition coefficient (Wildman–Crippen LogP) is 3.49. The van der Waals surface area contributed by atoms with Crippen molar-refractivity contribution in [3.8, 4) is 5.69 Å². The first-order chi connectivity index (χ1) is 13.5. The van der Waals surface area contributed by atoms with Crippen molar-refractivity contribution in [3.63, 3.8) is 0 Å². The van der Waals surface area contributed by atoms with Crippen LogP contribution in [0.3, 0.4) is 0 Å². The molecule has 0 spiro atoms. The molecule has 2 aromatic heterocycles. The van der Waals surface area contributed by atoms with Gasteiger partial charge in [0.05, 0.1) is 11.4 Å². The number of H-pyrrole nitrogens is 1. The molecular weight excluding hydrogens is 356 g/mol. The molecule has 0 amide bonds. The van der Waals surface area contributed by atoms with Crippen molar-refractivity contribution in [2.24, 2.45) is 0 Å². The largest absolute Gasteiger partial charge is 0.449 e. The van der Waals surface area contributed by atoms with E-state index in [1.807, 2.05) is 54.6 Å². The van der Waals surface area contributed by atoms with Crippen LogP contribution in [0.5, 0.6) is 0 Å². The fourth-order valence-electron chi connectivity index (χ4n) is 3.01. The normalized spacial score (nSPS) is 12.1. The summed E-state index contributed by atoms with van der Waals surface area (Å²) in [7, 11) is 0. The predicted molar refractivity (Wildman–Crippen MR) is 104 cm³/mol. The minimum absolute atomic E-state index is 0.0856. The standard InChI is InChI=1S/C21H18N4O3/c1-13-19(24-25(23-13)15-8-4-3-5-9-15)21(27)28-14(2)20(26)17-12-22-18-11-7-6-10-16(17)18/h3-12,14,22H,1-2H3/t14-/m0/s1. The Morgan fingerprint density at radius 2 is 1.75 bits per heavy atom. The number of aryl methyl sites for hydroxylation is 1. The van der Waals surface area contributed by atoms with E-state index in [1.165, 1.54) is 4.80 Å². The summed E-state index contributed by atoms with van der Waals surface area (Å²) in [4.78, 5) is 29.7. The molecule has 4 rings (SSSR count). The van der Waals surface area contributed by atoms with E-state index >= 15 is 0 Å². The topological polar surface area (TPSA) is 89.9 Å². The molecule has 0 unspecified atom stereocenters. The fraction of sp³-hybridized carbons (Fsp3) is 0.143. The van der Waals surface area contributed by atoms with Crippen LogP contribution in [-0.4, -0.2) is 37.8 Å². The third-order valence-electron chi connectivity index (χ3n) is 4.47. The van der Waals surface area contributed by atoms with Crippen molar-refractivity contribution in [1.82, 2.24) is 20.0 Å². The molecule has 0 aliphatic carbocycles. The third-order valence-corrected chi connectivity index (χ3v) is 4.47. The number of carbonyl (C=O) groups excluding carboxylic acids is 2. The van der Waals surface area contributed by atoms with Crippen molar-refractivity contribution in [1.29, 1.82) is 0 Å². The molecule has 2 heterocycles. The molecule has 1 atom stereocenters. The number of carbonyl (C=O) groups is 2. The van der Waals surface area contributed by atoms with Crippen molar-refractivity contribution in [3.05, 3.63) is 77.7 Å². The molecule has 7 nitrogen and oxygen atoms in total. The van der Waals surface area contributed by atoms with Crippen LogP contribution in [-0.2, 0) is 4.74 Å². The summed E-state index contributed by atoms with van der Waals surface area (Å²) in [5, 5.41) is 9.27. The van der Waals surface area contributed by atoms with E-state index < -0.39 is 12.1 Å². The number of fused-ring (bicyclic) bond motifs is 1. The minimum Gasteiger partial charge on any atom is -0.449 e. The van der Waals surface area contributed by atoms with Crippen LogP contribution in [0.15, 0.2) is 60.8 Å². The van der Waals surface area contributed by atoms with E-state index in [4.69, 9.17) is 4.74 Å². The molecule has 7 heteroatoms.